The molecule has 3 saturated carbocycles. The SMILES string of the molecule is COc1cc(/C=C2/C(=O)C3CCC2C3)c(OC)cc1/C=C1\CCCCC1=O. The first kappa shape index (κ1) is 18.0. The van der Waals surface area contributed by atoms with E-state index in [1.807, 2.05) is 24.3 Å². The average Bonchev–Trinajstić information content (AvgIpc) is 3.27. The summed E-state index contributed by atoms with van der Waals surface area (Å²) in [5.74, 6) is 2.53. The third-order valence-electron chi connectivity index (χ3n) is 6.21. The Bertz CT molecular complexity index is 846. The Morgan fingerprint density at radius 1 is 0.889 bits per heavy atom. The predicted octanol–water partition coefficient (Wildman–Crippen LogP) is 4.61. The van der Waals surface area contributed by atoms with Crippen LogP contribution >= 0.6 is 0 Å². The molecule has 142 valence electrons. The molecule has 0 N–H and O–H groups in total. The Kier molecular flexibility index (Phi) is 4.90. The Balaban J connectivity index is 1.73. The smallest absolute Gasteiger partial charge is 0.162 e. The molecule has 0 radical (unpaired) electrons. The second-order valence-electron chi connectivity index (χ2n) is 7.81. The quantitative estimate of drug-likeness (QED) is 0.730. The first-order chi connectivity index (χ1) is 13.1. The van der Waals surface area contributed by atoms with Crippen LogP contribution in [0.1, 0.15) is 56.1 Å². The molecule has 4 nitrogen and oxygen atoms in total. The van der Waals surface area contributed by atoms with Crippen molar-refractivity contribution >= 4 is 23.7 Å². The van der Waals surface area contributed by atoms with Gasteiger partial charge in [0.15, 0.2) is 11.6 Å². The van der Waals surface area contributed by atoms with Gasteiger partial charge in [-0.1, -0.05) is 0 Å². The summed E-state index contributed by atoms with van der Waals surface area (Å²) in [5, 5.41) is 0. The summed E-state index contributed by atoms with van der Waals surface area (Å²) < 4.78 is 11.2. The molecule has 0 saturated heterocycles. The van der Waals surface area contributed by atoms with E-state index >= 15 is 0 Å². The van der Waals surface area contributed by atoms with Gasteiger partial charge < -0.3 is 9.47 Å². The lowest BCUT2D eigenvalue weighted by molar-refractivity contribution is -0.118. The van der Waals surface area contributed by atoms with E-state index in [-0.39, 0.29) is 11.7 Å². The minimum atomic E-state index is 0.218. The molecule has 2 unspecified atom stereocenters. The zero-order valence-electron chi connectivity index (χ0n) is 16.0. The molecule has 3 fully saturated rings. The van der Waals surface area contributed by atoms with Gasteiger partial charge in [0, 0.05) is 23.5 Å². The lowest BCUT2D eigenvalue weighted by atomic mass is 9.90. The number of ketones is 2. The maximum atomic E-state index is 12.5. The molecule has 2 bridgehead atoms. The fourth-order valence-electron chi connectivity index (χ4n) is 4.71. The fourth-order valence-corrected chi connectivity index (χ4v) is 4.71. The Morgan fingerprint density at radius 2 is 1.52 bits per heavy atom. The summed E-state index contributed by atoms with van der Waals surface area (Å²) in [7, 11) is 3.27. The van der Waals surface area contributed by atoms with Gasteiger partial charge in [0.25, 0.3) is 0 Å². The van der Waals surface area contributed by atoms with Crippen molar-refractivity contribution in [2.45, 2.75) is 44.9 Å². The molecule has 0 spiro atoms. The van der Waals surface area contributed by atoms with Gasteiger partial charge in [0.05, 0.1) is 14.2 Å². The van der Waals surface area contributed by atoms with Crippen molar-refractivity contribution in [3.8, 4) is 11.5 Å². The second-order valence-corrected chi connectivity index (χ2v) is 7.81. The first-order valence-electron chi connectivity index (χ1n) is 9.86. The normalized spacial score (nSPS) is 27.6. The van der Waals surface area contributed by atoms with E-state index in [2.05, 4.69) is 0 Å². The third-order valence-corrected chi connectivity index (χ3v) is 6.21. The summed E-state index contributed by atoms with van der Waals surface area (Å²) in [4.78, 5) is 24.7. The van der Waals surface area contributed by atoms with Crippen molar-refractivity contribution in [3.63, 3.8) is 0 Å². The summed E-state index contributed by atoms with van der Waals surface area (Å²) in [5.41, 5.74) is 3.50. The van der Waals surface area contributed by atoms with Crippen LogP contribution in [0.15, 0.2) is 23.3 Å². The molecular formula is C23H26O4. The van der Waals surface area contributed by atoms with Crippen LogP contribution in [0.3, 0.4) is 0 Å². The average molecular weight is 366 g/mol. The molecule has 3 aliphatic rings. The zero-order chi connectivity index (χ0) is 19.0. The predicted molar refractivity (Wildman–Crippen MR) is 105 cm³/mol. The highest BCUT2D eigenvalue weighted by atomic mass is 16.5. The number of Topliss-reactive ketones (excluding diaryl/α,β-unsaturated/α-hetero) is 2. The number of carbonyl (C=O) groups excluding carboxylic acids is 2. The van der Waals surface area contributed by atoms with Gasteiger partial charge in [-0.05, 0) is 79.9 Å². The first-order valence-corrected chi connectivity index (χ1v) is 9.86. The van der Waals surface area contributed by atoms with E-state index in [0.29, 0.717) is 29.6 Å². The van der Waals surface area contributed by atoms with Gasteiger partial charge in [-0.15, -0.1) is 0 Å². The number of ether oxygens (including phenoxy) is 2. The van der Waals surface area contributed by atoms with Crippen LogP contribution in [0, 0.1) is 11.8 Å². The second kappa shape index (κ2) is 7.34. The number of benzene rings is 1. The number of carbonyl (C=O) groups is 2. The Morgan fingerprint density at radius 3 is 2.11 bits per heavy atom. The van der Waals surface area contributed by atoms with Crippen LogP contribution in [0.25, 0.3) is 12.2 Å². The largest absolute Gasteiger partial charge is 0.496 e. The Hall–Kier alpha value is -2.36. The molecule has 0 aromatic heterocycles. The van der Waals surface area contributed by atoms with Gasteiger partial charge in [0.2, 0.25) is 0 Å². The molecular weight excluding hydrogens is 340 g/mol. The van der Waals surface area contributed by atoms with E-state index in [9.17, 15) is 9.59 Å². The van der Waals surface area contributed by atoms with E-state index in [1.54, 1.807) is 14.2 Å². The molecule has 2 atom stereocenters. The lowest BCUT2D eigenvalue weighted by Gasteiger charge is -2.16. The summed E-state index contributed by atoms with van der Waals surface area (Å²) in [6.45, 7) is 0. The van der Waals surface area contributed by atoms with Crippen LogP contribution in [0.2, 0.25) is 0 Å². The van der Waals surface area contributed by atoms with Gasteiger partial charge in [0.1, 0.15) is 11.5 Å². The number of hydrogen-bond acceptors (Lipinski definition) is 4. The zero-order valence-corrected chi connectivity index (χ0v) is 16.0. The van der Waals surface area contributed by atoms with Crippen molar-refractivity contribution in [3.05, 3.63) is 34.4 Å². The maximum Gasteiger partial charge on any atom is 0.162 e. The van der Waals surface area contributed by atoms with E-state index in [0.717, 1.165) is 60.8 Å². The topological polar surface area (TPSA) is 52.6 Å². The van der Waals surface area contributed by atoms with Crippen LogP contribution in [-0.2, 0) is 9.59 Å². The highest BCUT2D eigenvalue weighted by Crippen LogP contribution is 2.47. The maximum absolute atomic E-state index is 12.5. The molecule has 4 heteroatoms. The molecule has 0 aliphatic heterocycles. The standard InChI is InChI=1S/C23H26O4/c1-26-21-13-18(11-19-14-7-8-16(9-14)23(19)25)22(27-2)12-17(21)10-15-5-3-4-6-20(15)24/h10-14,16H,3-9H2,1-2H3/b15-10+,19-11+. The number of methoxy groups -OCH3 is 2. The fraction of sp³-hybridized carbons (Fsp3) is 0.478. The monoisotopic (exact) mass is 366 g/mol. The van der Waals surface area contributed by atoms with Gasteiger partial charge in [-0.25, -0.2) is 0 Å². The Labute approximate surface area is 160 Å². The number of allylic oxidation sites excluding steroid dienone is 2. The minimum Gasteiger partial charge on any atom is -0.496 e. The van der Waals surface area contributed by atoms with Crippen molar-refractivity contribution in [2.24, 2.45) is 11.8 Å². The van der Waals surface area contributed by atoms with Gasteiger partial charge in [-0.3, -0.25) is 9.59 Å². The molecule has 0 amide bonds. The van der Waals surface area contributed by atoms with Crippen LogP contribution in [0.4, 0.5) is 0 Å². The molecule has 1 aromatic rings. The third kappa shape index (κ3) is 3.33. The van der Waals surface area contributed by atoms with Crippen molar-refractivity contribution in [1.29, 1.82) is 0 Å². The van der Waals surface area contributed by atoms with Crippen LogP contribution in [-0.4, -0.2) is 25.8 Å². The number of fused-ring (bicyclic) bond motifs is 2. The molecule has 27 heavy (non-hydrogen) atoms. The highest BCUT2D eigenvalue weighted by molar-refractivity contribution is 6.05. The van der Waals surface area contributed by atoms with Gasteiger partial charge >= 0.3 is 0 Å². The molecule has 3 aliphatic carbocycles. The molecule has 4 rings (SSSR count). The summed E-state index contributed by atoms with van der Waals surface area (Å²) in [6, 6.07) is 3.84. The minimum absolute atomic E-state index is 0.218. The van der Waals surface area contributed by atoms with E-state index < -0.39 is 0 Å². The van der Waals surface area contributed by atoms with Crippen molar-refractivity contribution < 1.29 is 19.1 Å². The summed E-state index contributed by atoms with van der Waals surface area (Å²) in [6.07, 6.45) is 10.5. The highest BCUT2D eigenvalue weighted by Gasteiger charge is 2.42. The number of rotatable bonds is 4. The number of hydrogen-bond donors (Lipinski definition) is 0. The van der Waals surface area contributed by atoms with Crippen LogP contribution < -0.4 is 9.47 Å². The van der Waals surface area contributed by atoms with Crippen molar-refractivity contribution in [2.75, 3.05) is 14.2 Å². The molecule has 1 aromatic carbocycles. The summed E-state index contributed by atoms with van der Waals surface area (Å²) >= 11 is 0. The van der Waals surface area contributed by atoms with Gasteiger partial charge in [-0.2, -0.15) is 0 Å². The van der Waals surface area contributed by atoms with Crippen molar-refractivity contribution in [1.82, 2.24) is 0 Å². The molecule has 0 heterocycles. The lowest BCUT2D eigenvalue weighted by Crippen LogP contribution is -2.12. The van der Waals surface area contributed by atoms with E-state index in [4.69, 9.17) is 9.47 Å². The van der Waals surface area contributed by atoms with Crippen LogP contribution in [0.5, 0.6) is 11.5 Å². The van der Waals surface area contributed by atoms with E-state index in [1.165, 1.54) is 0 Å².